The van der Waals surface area contributed by atoms with Gasteiger partial charge in [-0.05, 0) is 29.8 Å². The van der Waals surface area contributed by atoms with E-state index in [9.17, 15) is 31.1 Å². The van der Waals surface area contributed by atoms with Gasteiger partial charge in [0.15, 0.2) is 0 Å². The summed E-state index contributed by atoms with van der Waals surface area (Å²) in [6.07, 6.45) is -11.0. The Kier molecular flexibility index (Phi) is 7.17. The summed E-state index contributed by atoms with van der Waals surface area (Å²) >= 11 is 0. The number of carbonyl (C=O) groups excluding carboxylic acids is 1. The van der Waals surface area contributed by atoms with Crippen molar-refractivity contribution in [1.82, 2.24) is 4.90 Å². The van der Waals surface area contributed by atoms with Crippen molar-refractivity contribution in [2.75, 3.05) is 13.2 Å². The molecule has 1 amide bonds. The van der Waals surface area contributed by atoms with Crippen molar-refractivity contribution in [3.8, 4) is 5.75 Å². The van der Waals surface area contributed by atoms with Crippen LogP contribution in [0.1, 0.15) is 17.5 Å². The molecule has 0 N–H and O–H groups in total. The highest BCUT2D eigenvalue weighted by Gasteiger charge is 2.40. The highest BCUT2D eigenvalue weighted by atomic mass is 19.4. The number of likely N-dealkylation sites (tertiary alicyclic amines) is 1. The van der Waals surface area contributed by atoms with Crippen LogP contribution in [0.5, 0.6) is 5.75 Å². The highest BCUT2D eigenvalue weighted by molar-refractivity contribution is 5.68. The van der Waals surface area contributed by atoms with Gasteiger partial charge in [0, 0.05) is 6.42 Å². The van der Waals surface area contributed by atoms with Crippen molar-refractivity contribution in [3.05, 3.63) is 65.7 Å². The Morgan fingerprint density at radius 1 is 0.969 bits per heavy atom. The fourth-order valence-corrected chi connectivity index (χ4v) is 3.25. The number of rotatable bonds is 6. The molecule has 1 saturated heterocycles. The Labute approximate surface area is 179 Å². The summed E-state index contributed by atoms with van der Waals surface area (Å²) in [6.45, 7) is -1.01. The third kappa shape index (κ3) is 6.78. The van der Waals surface area contributed by atoms with E-state index in [4.69, 9.17) is 9.47 Å². The lowest BCUT2D eigenvalue weighted by Crippen LogP contribution is -2.40. The van der Waals surface area contributed by atoms with Crippen LogP contribution >= 0.6 is 0 Å². The fraction of sp³-hybridized carbons (Fsp3) is 0.381. The van der Waals surface area contributed by atoms with Gasteiger partial charge in [-0.1, -0.05) is 30.3 Å². The van der Waals surface area contributed by atoms with Crippen LogP contribution in [0.4, 0.5) is 31.1 Å². The van der Waals surface area contributed by atoms with Crippen molar-refractivity contribution in [3.63, 3.8) is 0 Å². The first kappa shape index (κ1) is 23.7. The molecule has 5 nitrogen and oxygen atoms in total. The maximum Gasteiger partial charge on any atom is 0.522 e. The van der Waals surface area contributed by atoms with E-state index in [0.717, 1.165) is 29.2 Å². The lowest BCUT2D eigenvalue weighted by molar-refractivity contribution is -0.327. The van der Waals surface area contributed by atoms with E-state index in [1.807, 2.05) is 0 Å². The van der Waals surface area contributed by atoms with Gasteiger partial charge in [-0.25, -0.2) is 4.79 Å². The SMILES string of the molecule is O=C(OCc1ccccc1)N1C[C@H](Oc2ccc(C(F)(F)F)cc2)C[C@H]1COC(F)(F)F. The molecule has 2 aromatic carbocycles. The van der Waals surface area contributed by atoms with Crippen LogP contribution in [0.2, 0.25) is 0 Å². The van der Waals surface area contributed by atoms with Crippen LogP contribution in [0.25, 0.3) is 0 Å². The molecular weight excluding hydrogens is 444 g/mol. The lowest BCUT2D eigenvalue weighted by atomic mass is 10.2. The summed E-state index contributed by atoms with van der Waals surface area (Å²) in [4.78, 5) is 13.6. The minimum absolute atomic E-state index is 0.0163. The van der Waals surface area contributed by atoms with E-state index >= 15 is 0 Å². The zero-order valence-electron chi connectivity index (χ0n) is 16.5. The molecule has 11 heteroatoms. The quantitative estimate of drug-likeness (QED) is 0.539. The predicted molar refractivity (Wildman–Crippen MR) is 99.6 cm³/mol. The highest BCUT2D eigenvalue weighted by Crippen LogP contribution is 2.31. The van der Waals surface area contributed by atoms with Gasteiger partial charge >= 0.3 is 18.6 Å². The van der Waals surface area contributed by atoms with E-state index in [1.165, 1.54) is 0 Å². The number of hydrogen-bond donors (Lipinski definition) is 0. The van der Waals surface area contributed by atoms with Gasteiger partial charge in [-0.15, -0.1) is 13.2 Å². The Bertz CT molecular complexity index is 886. The Hall–Kier alpha value is -2.95. The van der Waals surface area contributed by atoms with Crippen LogP contribution < -0.4 is 4.74 Å². The van der Waals surface area contributed by atoms with Gasteiger partial charge in [0.25, 0.3) is 0 Å². The van der Waals surface area contributed by atoms with Crippen molar-refractivity contribution in [2.24, 2.45) is 0 Å². The minimum Gasteiger partial charge on any atom is -0.489 e. The number of ether oxygens (including phenoxy) is 3. The maximum atomic E-state index is 12.7. The standard InChI is InChI=1S/C21H19F6NO4/c22-20(23,24)15-6-8-17(9-7-15)32-18-10-16(13-31-21(25,26)27)28(11-18)19(29)30-12-14-4-2-1-3-5-14/h1-9,16,18H,10-13H2/t16-,18+/m0/s1. The fourth-order valence-electron chi connectivity index (χ4n) is 3.25. The number of carbonyl (C=O) groups is 1. The molecule has 0 unspecified atom stereocenters. The molecule has 0 bridgehead atoms. The number of amides is 1. The van der Waals surface area contributed by atoms with Gasteiger partial charge in [0.05, 0.1) is 24.8 Å². The molecule has 2 atom stereocenters. The maximum absolute atomic E-state index is 12.7. The van der Waals surface area contributed by atoms with Crippen LogP contribution in [0.3, 0.4) is 0 Å². The summed E-state index contributed by atoms with van der Waals surface area (Å²) in [5.74, 6) is 0.0954. The predicted octanol–water partition coefficient (Wildman–Crippen LogP) is 5.40. The van der Waals surface area contributed by atoms with Gasteiger partial charge in [0.2, 0.25) is 0 Å². The molecule has 174 valence electrons. The number of alkyl halides is 6. The largest absolute Gasteiger partial charge is 0.522 e. The van der Waals surface area contributed by atoms with Gasteiger partial charge in [-0.3, -0.25) is 9.64 Å². The van der Waals surface area contributed by atoms with E-state index in [0.29, 0.717) is 5.56 Å². The van der Waals surface area contributed by atoms with Crippen LogP contribution in [0, 0.1) is 0 Å². The molecule has 0 aliphatic carbocycles. The zero-order valence-corrected chi connectivity index (χ0v) is 16.5. The molecule has 32 heavy (non-hydrogen) atoms. The van der Waals surface area contributed by atoms with Crippen molar-refractivity contribution >= 4 is 6.09 Å². The van der Waals surface area contributed by atoms with Crippen molar-refractivity contribution < 1.29 is 45.3 Å². The second-order valence-corrected chi connectivity index (χ2v) is 7.10. The average molecular weight is 463 g/mol. The minimum atomic E-state index is -4.88. The van der Waals surface area contributed by atoms with E-state index in [-0.39, 0.29) is 25.3 Å². The molecule has 1 fully saturated rings. The first-order valence-corrected chi connectivity index (χ1v) is 9.53. The summed E-state index contributed by atoms with van der Waals surface area (Å²) < 4.78 is 90.2. The molecule has 1 aliphatic heterocycles. The molecule has 3 rings (SSSR count). The smallest absolute Gasteiger partial charge is 0.489 e. The van der Waals surface area contributed by atoms with Crippen LogP contribution in [-0.2, 0) is 22.3 Å². The summed E-state index contributed by atoms with van der Waals surface area (Å²) in [7, 11) is 0. The number of nitrogens with zero attached hydrogens (tertiary/aromatic N) is 1. The monoisotopic (exact) mass is 463 g/mol. The van der Waals surface area contributed by atoms with Crippen LogP contribution in [0.15, 0.2) is 54.6 Å². The Morgan fingerprint density at radius 3 is 2.22 bits per heavy atom. The van der Waals surface area contributed by atoms with Crippen LogP contribution in [-0.4, -0.2) is 42.7 Å². The second-order valence-electron chi connectivity index (χ2n) is 7.10. The third-order valence-electron chi connectivity index (χ3n) is 4.74. The molecule has 0 saturated carbocycles. The van der Waals surface area contributed by atoms with Gasteiger partial charge in [0.1, 0.15) is 18.5 Å². The molecular formula is C21H19F6NO4. The molecule has 0 aromatic heterocycles. The molecule has 1 aliphatic rings. The van der Waals surface area contributed by atoms with E-state index in [1.54, 1.807) is 30.3 Å². The zero-order chi connectivity index (χ0) is 23.4. The molecule has 0 spiro atoms. The van der Waals surface area contributed by atoms with Crippen molar-refractivity contribution in [1.29, 1.82) is 0 Å². The molecule has 2 aromatic rings. The summed E-state index contributed by atoms with van der Waals surface area (Å²) in [6, 6.07) is 11.6. The summed E-state index contributed by atoms with van der Waals surface area (Å²) in [5.41, 5.74) is -0.167. The van der Waals surface area contributed by atoms with Gasteiger partial charge in [-0.2, -0.15) is 13.2 Å². The van der Waals surface area contributed by atoms with E-state index in [2.05, 4.69) is 4.74 Å². The Balaban J connectivity index is 1.64. The topological polar surface area (TPSA) is 48.0 Å². The third-order valence-corrected chi connectivity index (χ3v) is 4.74. The van der Waals surface area contributed by atoms with E-state index < -0.39 is 42.9 Å². The second kappa shape index (κ2) is 9.68. The normalized spacial score (nSPS) is 19.1. The van der Waals surface area contributed by atoms with Gasteiger partial charge < -0.3 is 9.47 Å². The first-order valence-electron chi connectivity index (χ1n) is 9.53. The molecule has 0 radical (unpaired) electrons. The number of halogens is 6. The van der Waals surface area contributed by atoms with Crippen molar-refractivity contribution in [2.45, 2.75) is 37.7 Å². The average Bonchev–Trinajstić information content (AvgIpc) is 3.13. The lowest BCUT2D eigenvalue weighted by Gasteiger charge is -2.23. The summed E-state index contributed by atoms with van der Waals surface area (Å²) in [5, 5.41) is 0. The Morgan fingerprint density at radius 2 is 1.62 bits per heavy atom. The molecule has 1 heterocycles. The number of hydrogen-bond acceptors (Lipinski definition) is 4. The first-order chi connectivity index (χ1) is 15.0. The number of benzene rings is 2.